The highest BCUT2D eigenvalue weighted by Crippen LogP contribution is 2.35. The van der Waals surface area contributed by atoms with Crippen LogP contribution in [0.4, 0.5) is 0 Å². The maximum Gasteiger partial charge on any atom is 0.355 e. The molecule has 0 aliphatic rings. The van der Waals surface area contributed by atoms with Crippen LogP contribution in [0.25, 0.3) is 21.1 Å². The molecule has 3 aromatic carbocycles. The van der Waals surface area contributed by atoms with E-state index in [9.17, 15) is 9.59 Å². The maximum atomic E-state index is 12.7. The summed E-state index contributed by atoms with van der Waals surface area (Å²) >= 11 is 11.0. The molecule has 0 atom stereocenters. The lowest BCUT2D eigenvalue weighted by molar-refractivity contribution is 0.0740. The number of furan rings is 1. The van der Waals surface area contributed by atoms with Crippen molar-refractivity contribution in [1.29, 1.82) is 0 Å². The Morgan fingerprint density at radius 2 is 1.91 bits per heavy atom. The lowest BCUT2D eigenvalue weighted by Crippen LogP contribution is -2.16. The molecule has 0 saturated carbocycles. The number of thiophene rings is 1. The first kappa shape index (κ1) is 22.3. The number of carbonyl (C=O) groups excluding carboxylic acids is 2. The Balaban J connectivity index is 1.26. The molecule has 0 bridgehead atoms. The van der Waals surface area contributed by atoms with E-state index >= 15 is 0 Å². The van der Waals surface area contributed by atoms with Crippen molar-refractivity contribution < 1.29 is 18.7 Å². The summed E-state index contributed by atoms with van der Waals surface area (Å²) in [5.74, 6) is -0.541. The van der Waals surface area contributed by atoms with E-state index in [1.54, 1.807) is 36.4 Å². The number of fused-ring (bicyclic) bond motifs is 2. The van der Waals surface area contributed by atoms with E-state index in [0.29, 0.717) is 26.8 Å². The number of nitrogens with one attached hydrogen (secondary N) is 1. The summed E-state index contributed by atoms with van der Waals surface area (Å²) < 4.78 is 12.9. The van der Waals surface area contributed by atoms with Crippen molar-refractivity contribution in [3.8, 4) is 5.75 Å². The summed E-state index contributed by atoms with van der Waals surface area (Å²) in [4.78, 5) is 25.4. The van der Waals surface area contributed by atoms with Gasteiger partial charge in [0.15, 0.2) is 5.76 Å². The molecule has 0 unspecified atom stereocenters. The molecule has 0 radical (unpaired) electrons. The van der Waals surface area contributed by atoms with Gasteiger partial charge < -0.3 is 9.15 Å². The van der Waals surface area contributed by atoms with Gasteiger partial charge in [-0.05, 0) is 48.0 Å². The second-order valence-electron chi connectivity index (χ2n) is 7.20. The predicted molar refractivity (Wildman–Crippen MR) is 137 cm³/mol. The van der Waals surface area contributed by atoms with Crippen LogP contribution in [0.15, 0.2) is 86.8 Å². The Bertz CT molecular complexity index is 1590. The Morgan fingerprint density at radius 3 is 2.76 bits per heavy atom. The maximum absolute atomic E-state index is 12.7. The number of halogens is 2. The molecule has 0 saturated heterocycles. The van der Waals surface area contributed by atoms with Crippen molar-refractivity contribution in [2.75, 3.05) is 0 Å². The average molecular weight is 554 g/mol. The van der Waals surface area contributed by atoms with Gasteiger partial charge in [-0.2, -0.15) is 5.10 Å². The highest BCUT2D eigenvalue weighted by molar-refractivity contribution is 9.10. The second-order valence-corrected chi connectivity index (χ2v) is 9.54. The van der Waals surface area contributed by atoms with Crippen LogP contribution in [0.2, 0.25) is 5.02 Å². The van der Waals surface area contributed by atoms with Gasteiger partial charge in [0, 0.05) is 19.9 Å². The molecule has 0 aliphatic heterocycles. The number of hydrogen-bond acceptors (Lipinski definition) is 6. The number of hydrogen-bond donors (Lipinski definition) is 1. The zero-order chi connectivity index (χ0) is 23.7. The predicted octanol–water partition coefficient (Wildman–Crippen LogP) is 7.05. The molecule has 6 nitrogen and oxygen atoms in total. The molecule has 2 aromatic heterocycles. The first-order valence-corrected chi connectivity index (χ1v) is 12.0. The smallest absolute Gasteiger partial charge is 0.355 e. The fraction of sp³-hybridized carbons (Fsp3) is 0. The lowest BCUT2D eigenvalue weighted by atomic mass is 10.2. The molecular formula is C25H14BrClN2O4S. The summed E-state index contributed by atoms with van der Waals surface area (Å²) in [6.45, 7) is 0. The average Bonchev–Trinajstić information content (AvgIpc) is 3.40. The van der Waals surface area contributed by atoms with Crippen LogP contribution < -0.4 is 10.2 Å². The van der Waals surface area contributed by atoms with Crippen molar-refractivity contribution in [2.45, 2.75) is 0 Å². The summed E-state index contributed by atoms with van der Waals surface area (Å²) in [6.07, 6.45) is 1.45. The van der Waals surface area contributed by atoms with Crippen molar-refractivity contribution in [3.05, 3.63) is 98.5 Å². The minimum absolute atomic E-state index is 0.146. The van der Waals surface area contributed by atoms with Gasteiger partial charge in [0.25, 0.3) is 0 Å². The molecule has 1 N–H and O–H groups in total. The molecule has 9 heteroatoms. The number of ether oxygens (including phenoxy) is 1. The Kier molecular flexibility index (Phi) is 6.19. The molecule has 168 valence electrons. The Labute approximate surface area is 210 Å². The fourth-order valence-electron chi connectivity index (χ4n) is 3.30. The number of hydrazone groups is 1. The van der Waals surface area contributed by atoms with Gasteiger partial charge >= 0.3 is 11.9 Å². The van der Waals surface area contributed by atoms with Crippen LogP contribution in [-0.4, -0.2) is 18.1 Å². The third kappa shape index (κ3) is 4.61. The minimum atomic E-state index is -0.537. The van der Waals surface area contributed by atoms with Crippen molar-refractivity contribution in [3.63, 3.8) is 0 Å². The van der Waals surface area contributed by atoms with Crippen LogP contribution in [0, 0.1) is 0 Å². The Morgan fingerprint density at radius 1 is 1.06 bits per heavy atom. The van der Waals surface area contributed by atoms with Crippen LogP contribution in [0.5, 0.6) is 5.75 Å². The van der Waals surface area contributed by atoms with Gasteiger partial charge in [-0.3, -0.25) is 4.79 Å². The van der Waals surface area contributed by atoms with Crippen LogP contribution in [0.1, 0.15) is 25.8 Å². The largest absolute Gasteiger partial charge is 0.451 e. The summed E-state index contributed by atoms with van der Waals surface area (Å²) in [5, 5.41) is 5.97. The normalized spacial score (nSPS) is 11.4. The third-order valence-corrected chi connectivity index (χ3v) is 7.02. The van der Waals surface area contributed by atoms with Crippen molar-refractivity contribution >= 4 is 78.0 Å². The zero-order valence-electron chi connectivity index (χ0n) is 17.2. The summed E-state index contributed by atoms with van der Waals surface area (Å²) in [7, 11) is 0. The topological polar surface area (TPSA) is 80.9 Å². The number of nitrogens with zero attached hydrogens (tertiary/aromatic N) is 1. The second kappa shape index (κ2) is 9.42. The standard InChI is InChI=1S/C25H14BrClN2O4S/c26-16-8-9-19-15(11-16)12-20(33-19)24(30)29-28-13-14-4-3-5-17(10-14)32-25(31)23-22(27)18-6-1-2-7-21(18)34-23/h1-13H,(H,29,30)/b28-13+. The third-order valence-electron chi connectivity index (χ3n) is 4.87. The van der Waals surface area contributed by atoms with Crippen LogP contribution >= 0.6 is 38.9 Å². The van der Waals surface area contributed by atoms with Gasteiger partial charge in [0.2, 0.25) is 0 Å². The number of benzene rings is 3. The van der Waals surface area contributed by atoms with Crippen molar-refractivity contribution in [1.82, 2.24) is 5.43 Å². The van der Waals surface area contributed by atoms with E-state index in [1.165, 1.54) is 17.6 Å². The van der Waals surface area contributed by atoms with E-state index in [1.807, 2.05) is 36.4 Å². The molecular weight excluding hydrogens is 540 g/mol. The monoisotopic (exact) mass is 552 g/mol. The molecule has 1 amide bonds. The molecule has 34 heavy (non-hydrogen) atoms. The number of esters is 1. The summed E-state index contributed by atoms with van der Waals surface area (Å²) in [6, 6.07) is 21.4. The van der Waals surface area contributed by atoms with Gasteiger partial charge in [0.1, 0.15) is 16.2 Å². The van der Waals surface area contributed by atoms with Crippen LogP contribution in [-0.2, 0) is 0 Å². The van der Waals surface area contributed by atoms with Gasteiger partial charge in [-0.25, -0.2) is 10.2 Å². The fourth-order valence-corrected chi connectivity index (χ4v) is 5.07. The minimum Gasteiger partial charge on any atom is -0.451 e. The number of carbonyl (C=O) groups is 2. The van der Waals surface area contributed by atoms with E-state index in [0.717, 1.165) is 19.9 Å². The number of amides is 1. The van der Waals surface area contributed by atoms with E-state index in [-0.39, 0.29) is 5.76 Å². The summed E-state index contributed by atoms with van der Waals surface area (Å²) in [5.41, 5.74) is 3.66. The number of rotatable bonds is 5. The molecule has 0 aliphatic carbocycles. The van der Waals surface area contributed by atoms with Gasteiger partial charge in [-0.1, -0.05) is 57.9 Å². The zero-order valence-corrected chi connectivity index (χ0v) is 20.4. The first-order chi connectivity index (χ1) is 16.5. The molecule has 2 heterocycles. The van der Waals surface area contributed by atoms with Gasteiger partial charge in [-0.15, -0.1) is 11.3 Å². The molecule has 0 spiro atoms. The highest BCUT2D eigenvalue weighted by atomic mass is 79.9. The Hall–Kier alpha value is -3.46. The van der Waals surface area contributed by atoms with E-state index < -0.39 is 11.9 Å². The molecule has 0 fully saturated rings. The lowest BCUT2D eigenvalue weighted by Gasteiger charge is -2.04. The van der Waals surface area contributed by atoms with Crippen LogP contribution in [0.3, 0.4) is 0 Å². The van der Waals surface area contributed by atoms with E-state index in [2.05, 4.69) is 26.5 Å². The molecule has 5 aromatic rings. The molecule has 5 rings (SSSR count). The van der Waals surface area contributed by atoms with Crippen molar-refractivity contribution in [2.24, 2.45) is 5.10 Å². The highest BCUT2D eigenvalue weighted by Gasteiger charge is 2.19. The van der Waals surface area contributed by atoms with E-state index in [4.69, 9.17) is 20.8 Å². The first-order valence-electron chi connectivity index (χ1n) is 10.00. The quantitative estimate of drug-likeness (QED) is 0.109. The SMILES string of the molecule is O=C(N/N=C/c1cccc(OC(=O)c2sc3ccccc3c2Cl)c1)c1cc2cc(Br)ccc2o1. The van der Waals surface area contributed by atoms with Gasteiger partial charge in [0.05, 0.1) is 11.2 Å².